The van der Waals surface area contributed by atoms with Crippen LogP contribution in [0.15, 0.2) is 24.5 Å². The van der Waals surface area contributed by atoms with E-state index < -0.39 is 0 Å². The van der Waals surface area contributed by atoms with Gasteiger partial charge in [-0.05, 0) is 19.8 Å². The number of rotatable bonds is 3. The average Bonchev–Trinajstić information content (AvgIpc) is 3.52. The minimum atomic E-state index is 0.132. The highest BCUT2D eigenvalue weighted by Crippen LogP contribution is 2.35. The summed E-state index contributed by atoms with van der Waals surface area (Å²) in [7, 11) is 0. The monoisotopic (exact) mass is 436 g/mol. The molecule has 3 aromatic heterocycles. The predicted molar refractivity (Wildman–Crippen MR) is 120 cm³/mol. The highest BCUT2D eigenvalue weighted by molar-refractivity contribution is 5.92. The van der Waals surface area contributed by atoms with E-state index in [0.29, 0.717) is 18.9 Å². The number of nitrogens with zero attached hydrogens (tertiary/aromatic N) is 7. The van der Waals surface area contributed by atoms with E-state index in [4.69, 9.17) is 9.72 Å². The number of hydrogen-bond acceptors (Lipinski definition) is 7. The van der Waals surface area contributed by atoms with Gasteiger partial charge in [0.15, 0.2) is 11.5 Å². The highest BCUT2D eigenvalue weighted by atomic mass is 16.5. The first-order valence-corrected chi connectivity index (χ1v) is 11.4. The Labute approximate surface area is 186 Å². The maximum Gasteiger partial charge on any atom is 0.219 e. The van der Waals surface area contributed by atoms with Crippen LogP contribution in [0.5, 0.6) is 0 Å². The van der Waals surface area contributed by atoms with Crippen LogP contribution in [0.1, 0.15) is 26.7 Å². The van der Waals surface area contributed by atoms with Crippen molar-refractivity contribution in [3.05, 3.63) is 24.5 Å². The molecule has 1 amide bonds. The van der Waals surface area contributed by atoms with Gasteiger partial charge in [-0.2, -0.15) is 14.9 Å². The van der Waals surface area contributed by atoms with Crippen LogP contribution in [0.25, 0.3) is 16.9 Å². The first kappa shape index (κ1) is 19.5. The Morgan fingerprint density at radius 3 is 2.66 bits per heavy atom. The molecule has 0 aromatic carbocycles. The molecule has 0 spiro atoms. The number of piperazine rings is 1. The van der Waals surface area contributed by atoms with Gasteiger partial charge in [-0.1, -0.05) is 0 Å². The first-order chi connectivity index (χ1) is 15.6. The van der Waals surface area contributed by atoms with Crippen molar-refractivity contribution in [3.63, 3.8) is 0 Å². The Morgan fingerprint density at radius 2 is 1.97 bits per heavy atom. The molecule has 32 heavy (non-hydrogen) atoms. The molecule has 2 unspecified atom stereocenters. The lowest BCUT2D eigenvalue weighted by molar-refractivity contribution is -0.129. The molecule has 2 bridgehead atoms. The maximum absolute atomic E-state index is 11.9. The Hall–Kier alpha value is -3.14. The number of fused-ring (bicyclic) bond motifs is 3. The molecule has 0 aliphatic carbocycles. The molecule has 3 aromatic rings. The normalized spacial score (nSPS) is 25.7. The third kappa shape index (κ3) is 3.21. The number of hydrogen-bond donors (Lipinski definition) is 1. The van der Waals surface area contributed by atoms with Crippen molar-refractivity contribution in [2.45, 2.75) is 44.9 Å². The van der Waals surface area contributed by atoms with Crippen molar-refractivity contribution in [3.8, 4) is 5.82 Å². The molecule has 168 valence electrons. The van der Waals surface area contributed by atoms with Crippen LogP contribution in [0.3, 0.4) is 0 Å². The van der Waals surface area contributed by atoms with Gasteiger partial charge >= 0.3 is 0 Å². The number of amides is 1. The number of aromatic nitrogens is 5. The third-order valence-corrected chi connectivity index (χ3v) is 6.96. The second kappa shape index (κ2) is 7.47. The van der Waals surface area contributed by atoms with Crippen molar-refractivity contribution in [2.24, 2.45) is 0 Å². The number of ether oxygens (including phenoxy) is 1. The van der Waals surface area contributed by atoms with Crippen molar-refractivity contribution in [1.82, 2.24) is 29.9 Å². The zero-order valence-corrected chi connectivity index (χ0v) is 18.4. The molecule has 1 N–H and O–H groups in total. The summed E-state index contributed by atoms with van der Waals surface area (Å²) in [5.74, 6) is 1.80. The number of aromatic amines is 1. The summed E-state index contributed by atoms with van der Waals surface area (Å²) in [5.41, 5.74) is 1.91. The van der Waals surface area contributed by atoms with E-state index in [1.807, 2.05) is 17.2 Å². The molecule has 0 saturated carbocycles. The molecule has 3 fully saturated rings. The number of morpholine rings is 1. The number of H-pyrrole nitrogens is 1. The number of nitrogens with one attached hydrogen (secondary N) is 1. The first-order valence-electron chi connectivity index (χ1n) is 11.4. The Bertz CT molecular complexity index is 1130. The van der Waals surface area contributed by atoms with Crippen LogP contribution >= 0.6 is 0 Å². The fraction of sp³-hybridized carbons (Fsp3) is 0.545. The number of carbonyl (C=O) groups is 1. The van der Waals surface area contributed by atoms with E-state index in [9.17, 15) is 4.79 Å². The zero-order chi connectivity index (χ0) is 21.8. The predicted octanol–water partition coefficient (Wildman–Crippen LogP) is 1.57. The smallest absolute Gasteiger partial charge is 0.219 e. The molecule has 3 atom stereocenters. The van der Waals surface area contributed by atoms with Crippen LogP contribution in [0.2, 0.25) is 0 Å². The van der Waals surface area contributed by atoms with Gasteiger partial charge in [0.2, 0.25) is 5.91 Å². The van der Waals surface area contributed by atoms with Crippen molar-refractivity contribution in [1.29, 1.82) is 0 Å². The molecule has 6 heterocycles. The minimum Gasteiger partial charge on any atom is -0.371 e. The molecular formula is C22H28N8O2. The number of carbonyl (C=O) groups excluding carboxylic acids is 1. The van der Waals surface area contributed by atoms with Gasteiger partial charge in [0, 0.05) is 64.0 Å². The maximum atomic E-state index is 11.9. The SMILES string of the molecule is CC(=O)N1CCN(c2cc(N3CC4CCC(C3)O4)nc3c2cnn3-c2cc[nH]n2)[C@H](C)C1. The van der Waals surface area contributed by atoms with Gasteiger partial charge in [0.1, 0.15) is 5.82 Å². The third-order valence-electron chi connectivity index (χ3n) is 6.96. The fourth-order valence-corrected chi connectivity index (χ4v) is 5.31. The zero-order valence-electron chi connectivity index (χ0n) is 18.4. The second-order valence-electron chi connectivity index (χ2n) is 9.10. The minimum absolute atomic E-state index is 0.132. The molecule has 0 radical (unpaired) electrons. The van der Waals surface area contributed by atoms with Crippen LogP contribution in [0, 0.1) is 0 Å². The van der Waals surface area contributed by atoms with Crippen molar-refractivity contribution in [2.75, 3.05) is 42.5 Å². The van der Waals surface area contributed by atoms with Gasteiger partial charge in [-0.3, -0.25) is 9.89 Å². The van der Waals surface area contributed by atoms with E-state index in [0.717, 1.165) is 55.0 Å². The van der Waals surface area contributed by atoms with Crippen molar-refractivity contribution >= 4 is 28.4 Å². The van der Waals surface area contributed by atoms with E-state index >= 15 is 0 Å². The summed E-state index contributed by atoms with van der Waals surface area (Å²) in [4.78, 5) is 23.6. The van der Waals surface area contributed by atoms with Crippen LogP contribution in [-0.4, -0.2) is 86.7 Å². The number of anilines is 2. The van der Waals surface area contributed by atoms with Gasteiger partial charge in [0.25, 0.3) is 0 Å². The standard InChI is InChI=1S/C22H28N8O2/c1-14-11-27(15(2)31)7-8-29(14)19-9-21(28-12-16-3-4-17(13-28)32-16)25-22-18(19)10-24-30(22)20-5-6-23-26-20/h5-6,9-10,14,16-17H,3-4,7-8,11-13H2,1-2H3,(H,23,26)/t14-,16?,17?/m1/s1. The summed E-state index contributed by atoms with van der Waals surface area (Å²) in [5, 5.41) is 12.8. The Morgan fingerprint density at radius 1 is 1.16 bits per heavy atom. The summed E-state index contributed by atoms with van der Waals surface area (Å²) in [6.45, 7) is 7.75. The molecule has 3 aliphatic heterocycles. The van der Waals surface area contributed by atoms with Crippen LogP contribution < -0.4 is 9.80 Å². The van der Waals surface area contributed by atoms with E-state index in [2.05, 4.69) is 38.1 Å². The van der Waals surface area contributed by atoms with Gasteiger partial charge < -0.3 is 19.4 Å². The summed E-state index contributed by atoms with van der Waals surface area (Å²) >= 11 is 0. The van der Waals surface area contributed by atoms with Gasteiger partial charge in [-0.25, -0.2) is 4.98 Å². The lowest BCUT2D eigenvalue weighted by Crippen LogP contribution is -2.53. The topological polar surface area (TPSA) is 95.4 Å². The molecule has 10 nitrogen and oxygen atoms in total. The highest BCUT2D eigenvalue weighted by Gasteiger charge is 2.35. The van der Waals surface area contributed by atoms with Gasteiger partial charge in [-0.15, -0.1) is 0 Å². The van der Waals surface area contributed by atoms with E-state index in [1.54, 1.807) is 17.8 Å². The van der Waals surface area contributed by atoms with E-state index in [-0.39, 0.29) is 24.2 Å². The lowest BCUT2D eigenvalue weighted by atomic mass is 10.1. The molecule has 3 aliphatic rings. The summed E-state index contributed by atoms with van der Waals surface area (Å²) < 4.78 is 7.85. The molecule has 10 heteroatoms. The van der Waals surface area contributed by atoms with Gasteiger partial charge in [0.05, 0.1) is 29.5 Å². The van der Waals surface area contributed by atoms with Crippen molar-refractivity contribution < 1.29 is 9.53 Å². The van der Waals surface area contributed by atoms with Crippen LogP contribution in [-0.2, 0) is 9.53 Å². The molecule has 6 rings (SSSR count). The Kier molecular flexibility index (Phi) is 4.56. The largest absolute Gasteiger partial charge is 0.371 e. The quantitative estimate of drug-likeness (QED) is 0.666. The van der Waals surface area contributed by atoms with E-state index in [1.165, 1.54) is 0 Å². The lowest BCUT2D eigenvalue weighted by Gasteiger charge is -2.41. The molecular weight excluding hydrogens is 408 g/mol. The van der Waals surface area contributed by atoms with Crippen LogP contribution in [0.4, 0.5) is 11.5 Å². The number of pyridine rings is 1. The fourth-order valence-electron chi connectivity index (χ4n) is 5.31. The second-order valence-corrected chi connectivity index (χ2v) is 9.10. The summed E-state index contributed by atoms with van der Waals surface area (Å²) in [6, 6.07) is 4.29. The molecule has 3 saturated heterocycles. The Balaban J connectivity index is 1.44. The summed E-state index contributed by atoms with van der Waals surface area (Å²) in [6.07, 6.45) is 6.46. The average molecular weight is 437 g/mol.